The molecule has 1 saturated heterocycles. The van der Waals surface area contributed by atoms with Crippen LogP contribution in [0.1, 0.15) is 28.9 Å². The fourth-order valence-corrected chi connectivity index (χ4v) is 4.00. The molecular weight excluding hydrogens is 398 g/mol. The van der Waals surface area contributed by atoms with E-state index in [-0.39, 0.29) is 17.7 Å². The Morgan fingerprint density at radius 1 is 1.07 bits per heavy atom. The number of amides is 2. The minimum atomic E-state index is -0.0734. The predicted molar refractivity (Wildman–Crippen MR) is 117 cm³/mol. The number of carbonyl (C=O) groups excluding carboxylic acids is 2. The van der Waals surface area contributed by atoms with Crippen LogP contribution in [0.5, 0.6) is 5.75 Å². The van der Waals surface area contributed by atoms with Gasteiger partial charge in [0.15, 0.2) is 0 Å². The van der Waals surface area contributed by atoms with Crippen LogP contribution in [0.2, 0.25) is 0 Å². The normalized spacial score (nSPS) is 14.3. The second-order valence-corrected chi connectivity index (χ2v) is 7.93. The summed E-state index contributed by atoms with van der Waals surface area (Å²) in [6.07, 6.45) is 1.33. The standard InChI is InChI=1S/C23H23N3O3S/c27-22(25-19-4-2-1-3-5-19)17-10-12-26(13-11-17)23(28)18-6-8-21(9-7-18)29-14-20-15-30-16-24-20/h1-9,15-17H,10-14H2,(H,25,27). The summed E-state index contributed by atoms with van der Waals surface area (Å²) in [5.41, 5.74) is 4.09. The first kappa shape index (κ1) is 20.1. The van der Waals surface area contributed by atoms with E-state index in [9.17, 15) is 9.59 Å². The largest absolute Gasteiger partial charge is 0.487 e. The molecule has 1 aromatic heterocycles. The first-order valence-corrected chi connectivity index (χ1v) is 10.9. The van der Waals surface area contributed by atoms with Crippen molar-refractivity contribution in [3.63, 3.8) is 0 Å². The molecule has 1 fully saturated rings. The number of carbonyl (C=O) groups is 2. The highest BCUT2D eigenvalue weighted by molar-refractivity contribution is 7.07. The summed E-state index contributed by atoms with van der Waals surface area (Å²) in [7, 11) is 0. The number of anilines is 1. The molecule has 0 bridgehead atoms. The molecule has 2 heterocycles. The fraction of sp³-hybridized carbons (Fsp3) is 0.261. The monoisotopic (exact) mass is 421 g/mol. The minimum absolute atomic E-state index is 0.0111. The highest BCUT2D eigenvalue weighted by Gasteiger charge is 2.27. The van der Waals surface area contributed by atoms with Crippen molar-refractivity contribution in [3.8, 4) is 5.75 Å². The van der Waals surface area contributed by atoms with Crippen LogP contribution in [0.15, 0.2) is 65.5 Å². The average Bonchev–Trinajstić information content (AvgIpc) is 3.32. The van der Waals surface area contributed by atoms with Crippen LogP contribution in [0.3, 0.4) is 0 Å². The molecule has 0 aliphatic carbocycles. The van der Waals surface area contributed by atoms with E-state index in [1.54, 1.807) is 29.8 Å². The Balaban J connectivity index is 1.27. The van der Waals surface area contributed by atoms with Crippen LogP contribution in [0, 0.1) is 5.92 Å². The summed E-state index contributed by atoms with van der Waals surface area (Å²) >= 11 is 1.53. The van der Waals surface area contributed by atoms with Gasteiger partial charge in [-0.2, -0.15) is 0 Å². The number of aromatic nitrogens is 1. The molecule has 0 atom stereocenters. The molecule has 4 rings (SSSR count). The van der Waals surface area contributed by atoms with Crippen LogP contribution in [-0.4, -0.2) is 34.8 Å². The molecule has 30 heavy (non-hydrogen) atoms. The maximum Gasteiger partial charge on any atom is 0.253 e. The Morgan fingerprint density at radius 2 is 1.80 bits per heavy atom. The van der Waals surface area contributed by atoms with E-state index in [0.717, 1.165) is 11.4 Å². The van der Waals surface area contributed by atoms with E-state index in [0.29, 0.717) is 43.9 Å². The summed E-state index contributed by atoms with van der Waals surface area (Å²) in [5.74, 6) is 0.643. The molecule has 7 heteroatoms. The number of thiazole rings is 1. The lowest BCUT2D eigenvalue weighted by atomic mass is 9.95. The zero-order valence-corrected chi connectivity index (χ0v) is 17.3. The van der Waals surface area contributed by atoms with E-state index in [2.05, 4.69) is 10.3 Å². The van der Waals surface area contributed by atoms with Crippen molar-refractivity contribution in [3.05, 3.63) is 76.7 Å². The van der Waals surface area contributed by atoms with Gasteiger partial charge in [0, 0.05) is 35.6 Å². The molecule has 1 aliphatic heterocycles. The molecule has 0 radical (unpaired) electrons. The van der Waals surface area contributed by atoms with Crippen molar-refractivity contribution >= 4 is 28.8 Å². The highest BCUT2D eigenvalue weighted by atomic mass is 32.1. The van der Waals surface area contributed by atoms with Gasteiger partial charge in [-0.1, -0.05) is 18.2 Å². The number of para-hydroxylation sites is 1. The van der Waals surface area contributed by atoms with Crippen molar-refractivity contribution in [1.82, 2.24) is 9.88 Å². The zero-order valence-electron chi connectivity index (χ0n) is 16.5. The van der Waals surface area contributed by atoms with Gasteiger partial charge in [0.25, 0.3) is 5.91 Å². The number of ether oxygens (including phenoxy) is 1. The molecule has 3 aromatic rings. The third kappa shape index (κ3) is 5.04. The number of piperidine rings is 1. The van der Waals surface area contributed by atoms with Gasteiger partial charge in [-0.3, -0.25) is 9.59 Å². The number of likely N-dealkylation sites (tertiary alicyclic amines) is 1. The van der Waals surface area contributed by atoms with Gasteiger partial charge in [0.2, 0.25) is 5.91 Å². The van der Waals surface area contributed by atoms with E-state index >= 15 is 0 Å². The summed E-state index contributed by atoms with van der Waals surface area (Å²) in [6.45, 7) is 1.57. The van der Waals surface area contributed by atoms with Gasteiger partial charge in [0.05, 0.1) is 11.2 Å². The van der Waals surface area contributed by atoms with Gasteiger partial charge in [-0.05, 0) is 49.2 Å². The second kappa shape index (κ2) is 9.54. The Bertz CT molecular complexity index is 967. The first-order valence-electron chi connectivity index (χ1n) is 9.94. The zero-order chi connectivity index (χ0) is 20.8. The number of nitrogens with one attached hydrogen (secondary N) is 1. The molecule has 6 nitrogen and oxygen atoms in total. The number of hydrogen-bond acceptors (Lipinski definition) is 5. The molecule has 0 spiro atoms. The quantitative estimate of drug-likeness (QED) is 0.647. The lowest BCUT2D eigenvalue weighted by Gasteiger charge is -2.31. The van der Waals surface area contributed by atoms with E-state index in [1.165, 1.54) is 11.3 Å². The highest BCUT2D eigenvalue weighted by Crippen LogP contribution is 2.22. The number of benzene rings is 2. The second-order valence-electron chi connectivity index (χ2n) is 7.21. The van der Waals surface area contributed by atoms with Crippen LogP contribution < -0.4 is 10.1 Å². The molecule has 154 valence electrons. The van der Waals surface area contributed by atoms with Gasteiger partial charge in [0.1, 0.15) is 12.4 Å². The Hall–Kier alpha value is -3.19. The van der Waals surface area contributed by atoms with Gasteiger partial charge in [-0.15, -0.1) is 11.3 Å². The third-order valence-corrected chi connectivity index (χ3v) is 5.80. The molecule has 0 saturated carbocycles. The van der Waals surface area contributed by atoms with Crippen LogP contribution >= 0.6 is 11.3 Å². The molecule has 1 N–H and O–H groups in total. The smallest absolute Gasteiger partial charge is 0.253 e. The van der Waals surface area contributed by atoms with Crippen molar-refractivity contribution in [1.29, 1.82) is 0 Å². The Morgan fingerprint density at radius 3 is 2.47 bits per heavy atom. The molecular formula is C23H23N3O3S. The minimum Gasteiger partial charge on any atom is -0.487 e. The third-order valence-electron chi connectivity index (χ3n) is 5.17. The average molecular weight is 422 g/mol. The maximum absolute atomic E-state index is 12.8. The lowest BCUT2D eigenvalue weighted by Crippen LogP contribution is -2.41. The summed E-state index contributed by atoms with van der Waals surface area (Å²) in [6, 6.07) is 16.6. The molecule has 2 aromatic carbocycles. The van der Waals surface area contributed by atoms with Crippen molar-refractivity contribution in [2.75, 3.05) is 18.4 Å². The number of rotatable bonds is 6. The van der Waals surface area contributed by atoms with Gasteiger partial charge < -0.3 is 15.0 Å². The summed E-state index contributed by atoms with van der Waals surface area (Å²) in [4.78, 5) is 31.3. The van der Waals surface area contributed by atoms with E-state index < -0.39 is 0 Å². The number of nitrogens with zero attached hydrogens (tertiary/aromatic N) is 2. The summed E-state index contributed by atoms with van der Waals surface area (Å²) < 4.78 is 5.69. The predicted octanol–water partition coefficient (Wildman–Crippen LogP) is 4.21. The van der Waals surface area contributed by atoms with Crippen LogP contribution in [0.25, 0.3) is 0 Å². The fourth-order valence-electron chi connectivity index (χ4n) is 3.45. The molecule has 0 unspecified atom stereocenters. The summed E-state index contributed by atoms with van der Waals surface area (Å²) in [5, 5.41) is 4.90. The van der Waals surface area contributed by atoms with Crippen molar-refractivity contribution in [2.24, 2.45) is 5.92 Å². The first-order chi connectivity index (χ1) is 14.7. The van der Waals surface area contributed by atoms with Crippen LogP contribution in [0.4, 0.5) is 5.69 Å². The molecule has 1 aliphatic rings. The Labute approximate surface area is 179 Å². The van der Waals surface area contributed by atoms with Gasteiger partial charge in [-0.25, -0.2) is 4.98 Å². The Kier molecular flexibility index (Phi) is 6.39. The topological polar surface area (TPSA) is 71.5 Å². The van der Waals surface area contributed by atoms with Gasteiger partial charge >= 0.3 is 0 Å². The number of hydrogen-bond donors (Lipinski definition) is 1. The van der Waals surface area contributed by atoms with E-state index in [4.69, 9.17) is 4.74 Å². The van der Waals surface area contributed by atoms with Crippen LogP contribution in [-0.2, 0) is 11.4 Å². The van der Waals surface area contributed by atoms with E-state index in [1.807, 2.05) is 40.6 Å². The van der Waals surface area contributed by atoms with Crippen molar-refractivity contribution in [2.45, 2.75) is 19.4 Å². The maximum atomic E-state index is 12.8. The lowest BCUT2D eigenvalue weighted by molar-refractivity contribution is -0.121. The molecule has 2 amide bonds. The SMILES string of the molecule is O=C(Nc1ccccc1)C1CCN(C(=O)c2ccc(OCc3cscn3)cc2)CC1. The van der Waals surface area contributed by atoms with Crippen molar-refractivity contribution < 1.29 is 14.3 Å².